The van der Waals surface area contributed by atoms with E-state index in [0.29, 0.717) is 5.76 Å². The van der Waals surface area contributed by atoms with Crippen LogP contribution in [0.3, 0.4) is 0 Å². The summed E-state index contributed by atoms with van der Waals surface area (Å²) < 4.78 is 11.5. The van der Waals surface area contributed by atoms with Crippen LogP contribution in [0.25, 0.3) is 0 Å². The monoisotopic (exact) mass is 384 g/mol. The summed E-state index contributed by atoms with van der Waals surface area (Å²) in [5.74, 6) is 0.989. The van der Waals surface area contributed by atoms with Crippen molar-refractivity contribution in [3.63, 3.8) is 0 Å². The molecule has 0 aromatic carbocycles. The van der Waals surface area contributed by atoms with Crippen molar-refractivity contribution in [1.29, 1.82) is 0 Å². The maximum Gasteiger partial charge on any atom is 0.258 e. The molecule has 8 heteroatoms. The van der Waals surface area contributed by atoms with Gasteiger partial charge in [0, 0.05) is 18.4 Å². The van der Waals surface area contributed by atoms with E-state index in [1.165, 1.54) is 6.42 Å². The van der Waals surface area contributed by atoms with Gasteiger partial charge in [-0.25, -0.2) is 9.97 Å². The Bertz CT molecular complexity index is 832. The van der Waals surface area contributed by atoms with Crippen LogP contribution in [0.2, 0.25) is 0 Å². The summed E-state index contributed by atoms with van der Waals surface area (Å²) in [4.78, 5) is 35.7. The van der Waals surface area contributed by atoms with Crippen molar-refractivity contribution in [2.45, 2.75) is 57.2 Å². The van der Waals surface area contributed by atoms with Gasteiger partial charge >= 0.3 is 0 Å². The number of furan rings is 1. The lowest BCUT2D eigenvalue weighted by molar-refractivity contribution is -0.168. The molecule has 0 bridgehead atoms. The van der Waals surface area contributed by atoms with E-state index in [0.717, 1.165) is 31.4 Å². The summed E-state index contributed by atoms with van der Waals surface area (Å²) >= 11 is 0. The topological polar surface area (TPSA) is 97.6 Å². The first-order valence-electron chi connectivity index (χ1n) is 9.70. The third-order valence-electron chi connectivity index (χ3n) is 5.34. The molecule has 1 aliphatic carbocycles. The summed E-state index contributed by atoms with van der Waals surface area (Å²) in [6, 6.07) is 4.80. The van der Waals surface area contributed by atoms with Crippen LogP contribution < -0.4 is 5.32 Å². The summed E-state index contributed by atoms with van der Waals surface area (Å²) in [6.45, 7) is 1.72. The van der Waals surface area contributed by atoms with Crippen molar-refractivity contribution >= 4 is 17.8 Å². The zero-order chi connectivity index (χ0) is 19.5. The van der Waals surface area contributed by atoms with Gasteiger partial charge < -0.3 is 14.1 Å². The Labute approximate surface area is 163 Å². The number of rotatable bonds is 4. The van der Waals surface area contributed by atoms with E-state index >= 15 is 0 Å². The molecule has 28 heavy (non-hydrogen) atoms. The smallest absolute Gasteiger partial charge is 0.258 e. The second-order valence-electron chi connectivity index (χ2n) is 7.28. The zero-order valence-corrected chi connectivity index (χ0v) is 15.8. The quantitative estimate of drug-likeness (QED) is 0.870. The van der Waals surface area contributed by atoms with E-state index in [1.54, 1.807) is 18.5 Å². The van der Waals surface area contributed by atoms with Crippen molar-refractivity contribution in [3.8, 4) is 0 Å². The van der Waals surface area contributed by atoms with Crippen molar-refractivity contribution in [2.75, 3.05) is 11.9 Å². The standard InChI is InChI=1S/C20H24N4O4/c1-13-8-9-15(28-13)17-18(19(26)23-20-21-10-5-11-22-20)27-12-16(25)24(17)14-6-3-2-4-7-14/h5,8-11,14,17-18H,2-4,6-7,12H2,1H3,(H,21,22,23,26). The minimum atomic E-state index is -0.894. The summed E-state index contributed by atoms with van der Waals surface area (Å²) in [5, 5.41) is 2.69. The van der Waals surface area contributed by atoms with Gasteiger partial charge in [0.05, 0.1) is 0 Å². The van der Waals surface area contributed by atoms with Crippen LogP contribution in [-0.4, -0.2) is 45.4 Å². The van der Waals surface area contributed by atoms with Gasteiger partial charge in [0.2, 0.25) is 11.9 Å². The van der Waals surface area contributed by atoms with E-state index < -0.39 is 18.1 Å². The fraction of sp³-hybridized carbons (Fsp3) is 0.500. The molecular weight excluding hydrogens is 360 g/mol. The molecule has 1 saturated heterocycles. The first-order chi connectivity index (χ1) is 13.6. The number of carbonyl (C=O) groups is 2. The first kappa shape index (κ1) is 18.6. The van der Waals surface area contributed by atoms with Crippen LogP contribution in [0.15, 0.2) is 35.0 Å². The molecule has 2 amide bonds. The van der Waals surface area contributed by atoms with E-state index in [9.17, 15) is 9.59 Å². The number of morpholine rings is 1. The third kappa shape index (κ3) is 3.77. The molecule has 2 fully saturated rings. The number of nitrogens with zero attached hydrogens (tertiary/aromatic N) is 3. The van der Waals surface area contributed by atoms with E-state index in [1.807, 2.05) is 24.0 Å². The fourth-order valence-electron chi connectivity index (χ4n) is 4.08. The minimum absolute atomic E-state index is 0.0869. The van der Waals surface area contributed by atoms with Gasteiger partial charge in [0.1, 0.15) is 24.2 Å². The minimum Gasteiger partial charge on any atom is -0.464 e. The number of aryl methyl sites for hydroxylation is 1. The van der Waals surface area contributed by atoms with E-state index in [-0.39, 0.29) is 24.5 Å². The molecule has 2 aromatic rings. The van der Waals surface area contributed by atoms with E-state index in [2.05, 4.69) is 15.3 Å². The van der Waals surface area contributed by atoms with Gasteiger partial charge in [-0.05, 0) is 38.0 Å². The van der Waals surface area contributed by atoms with Crippen LogP contribution in [0.4, 0.5) is 5.95 Å². The van der Waals surface area contributed by atoms with Gasteiger partial charge in [-0.2, -0.15) is 0 Å². The Morgan fingerprint density at radius 2 is 1.93 bits per heavy atom. The highest BCUT2D eigenvalue weighted by atomic mass is 16.5. The molecule has 148 valence electrons. The Morgan fingerprint density at radius 1 is 1.18 bits per heavy atom. The average Bonchev–Trinajstić information content (AvgIpc) is 3.15. The number of carbonyl (C=O) groups excluding carboxylic acids is 2. The third-order valence-corrected chi connectivity index (χ3v) is 5.34. The maximum atomic E-state index is 13.0. The molecule has 4 rings (SSSR count). The lowest BCUT2D eigenvalue weighted by Gasteiger charge is -2.44. The SMILES string of the molecule is Cc1ccc(C2C(C(=O)Nc3ncccn3)OCC(=O)N2C2CCCCC2)o1. The Hall–Kier alpha value is -2.74. The normalized spacial score (nSPS) is 23.6. The number of amides is 2. The van der Waals surface area contributed by atoms with Crippen LogP contribution >= 0.6 is 0 Å². The van der Waals surface area contributed by atoms with Crippen LogP contribution in [0.1, 0.15) is 49.7 Å². The Balaban J connectivity index is 1.65. The zero-order valence-electron chi connectivity index (χ0n) is 15.8. The van der Waals surface area contributed by atoms with Crippen molar-refractivity contribution in [1.82, 2.24) is 14.9 Å². The predicted molar refractivity (Wildman–Crippen MR) is 100 cm³/mol. The molecule has 1 aliphatic heterocycles. The van der Waals surface area contributed by atoms with Crippen molar-refractivity contribution < 1.29 is 18.7 Å². The lowest BCUT2D eigenvalue weighted by atomic mass is 9.90. The molecule has 2 aliphatic rings. The molecular formula is C20H24N4O4. The van der Waals surface area contributed by atoms with Crippen LogP contribution in [0, 0.1) is 6.92 Å². The number of aromatic nitrogens is 2. The average molecular weight is 384 g/mol. The molecule has 2 unspecified atom stereocenters. The molecule has 0 radical (unpaired) electrons. The lowest BCUT2D eigenvalue weighted by Crippen LogP contribution is -2.56. The number of nitrogens with one attached hydrogen (secondary N) is 1. The van der Waals surface area contributed by atoms with Crippen molar-refractivity contribution in [2.24, 2.45) is 0 Å². The molecule has 2 atom stereocenters. The second kappa shape index (κ2) is 8.10. The van der Waals surface area contributed by atoms with Gasteiger partial charge in [0.15, 0.2) is 6.10 Å². The highest BCUT2D eigenvalue weighted by Gasteiger charge is 2.46. The van der Waals surface area contributed by atoms with Gasteiger partial charge in [-0.3, -0.25) is 14.9 Å². The highest BCUT2D eigenvalue weighted by molar-refractivity contribution is 5.94. The van der Waals surface area contributed by atoms with Gasteiger partial charge in [-0.15, -0.1) is 0 Å². The highest BCUT2D eigenvalue weighted by Crippen LogP contribution is 2.37. The number of hydrogen-bond acceptors (Lipinski definition) is 6. The summed E-state index contributed by atoms with van der Waals surface area (Å²) in [6.07, 6.45) is 7.40. The molecule has 0 spiro atoms. The van der Waals surface area contributed by atoms with Crippen LogP contribution in [-0.2, 0) is 14.3 Å². The molecule has 1 N–H and O–H groups in total. The van der Waals surface area contributed by atoms with Crippen LogP contribution in [0.5, 0.6) is 0 Å². The molecule has 8 nitrogen and oxygen atoms in total. The van der Waals surface area contributed by atoms with Crippen molar-refractivity contribution in [3.05, 3.63) is 42.1 Å². The first-order valence-corrected chi connectivity index (χ1v) is 9.70. The molecule has 3 heterocycles. The molecule has 2 aromatic heterocycles. The predicted octanol–water partition coefficient (Wildman–Crippen LogP) is 2.62. The number of anilines is 1. The Morgan fingerprint density at radius 3 is 2.61 bits per heavy atom. The second-order valence-corrected chi connectivity index (χ2v) is 7.28. The van der Waals surface area contributed by atoms with Gasteiger partial charge in [0.25, 0.3) is 5.91 Å². The number of ether oxygens (including phenoxy) is 1. The Kier molecular flexibility index (Phi) is 5.38. The largest absolute Gasteiger partial charge is 0.464 e. The van der Waals surface area contributed by atoms with E-state index in [4.69, 9.17) is 9.15 Å². The summed E-state index contributed by atoms with van der Waals surface area (Å²) in [7, 11) is 0. The van der Waals surface area contributed by atoms with Gasteiger partial charge in [-0.1, -0.05) is 19.3 Å². The molecule has 1 saturated carbocycles. The summed E-state index contributed by atoms with van der Waals surface area (Å²) in [5.41, 5.74) is 0. The maximum absolute atomic E-state index is 13.0. The fourth-order valence-corrected chi connectivity index (χ4v) is 4.08. The number of hydrogen-bond donors (Lipinski definition) is 1.